The molecule has 4 heteroatoms. The van der Waals surface area contributed by atoms with E-state index in [1.54, 1.807) is 0 Å². The molecule has 2 aliphatic rings. The molecule has 2 unspecified atom stereocenters. The van der Waals surface area contributed by atoms with Crippen molar-refractivity contribution in [2.24, 2.45) is 5.92 Å². The van der Waals surface area contributed by atoms with Gasteiger partial charge in [-0.15, -0.1) is 11.3 Å². The first-order chi connectivity index (χ1) is 8.81. The number of aromatic nitrogens is 1. The Bertz CT molecular complexity index is 384. The van der Waals surface area contributed by atoms with Crippen LogP contribution >= 0.6 is 11.3 Å². The van der Waals surface area contributed by atoms with Gasteiger partial charge in [0.05, 0.1) is 5.01 Å². The van der Waals surface area contributed by atoms with Crippen molar-refractivity contribution < 1.29 is 0 Å². The third kappa shape index (κ3) is 2.92. The van der Waals surface area contributed by atoms with E-state index in [-0.39, 0.29) is 0 Å². The highest BCUT2D eigenvalue weighted by Gasteiger charge is 2.29. The fraction of sp³-hybridized carbons (Fsp3) is 0.786. The highest BCUT2D eigenvalue weighted by Crippen LogP contribution is 2.26. The Morgan fingerprint density at radius 2 is 2.39 bits per heavy atom. The van der Waals surface area contributed by atoms with Crippen molar-refractivity contribution in [3.63, 3.8) is 0 Å². The van der Waals surface area contributed by atoms with Crippen molar-refractivity contribution >= 4 is 11.3 Å². The van der Waals surface area contributed by atoms with E-state index >= 15 is 0 Å². The summed E-state index contributed by atoms with van der Waals surface area (Å²) in [6.45, 7) is 6.97. The molecule has 100 valence electrons. The van der Waals surface area contributed by atoms with Crippen molar-refractivity contribution in [3.8, 4) is 0 Å². The average Bonchev–Trinajstić information content (AvgIpc) is 3.01. The predicted octanol–water partition coefficient (Wildman–Crippen LogP) is 2.42. The van der Waals surface area contributed by atoms with Gasteiger partial charge in [0.1, 0.15) is 0 Å². The lowest BCUT2D eigenvalue weighted by molar-refractivity contribution is 0.146. The van der Waals surface area contributed by atoms with Crippen molar-refractivity contribution in [2.45, 2.75) is 45.2 Å². The molecule has 0 saturated carbocycles. The summed E-state index contributed by atoms with van der Waals surface area (Å²) >= 11 is 1.85. The van der Waals surface area contributed by atoms with Crippen molar-refractivity contribution in [1.29, 1.82) is 0 Å². The van der Waals surface area contributed by atoms with E-state index in [4.69, 9.17) is 0 Å². The van der Waals surface area contributed by atoms with E-state index < -0.39 is 0 Å². The van der Waals surface area contributed by atoms with Crippen LogP contribution < -0.4 is 5.32 Å². The van der Waals surface area contributed by atoms with Crippen LogP contribution in [0.3, 0.4) is 0 Å². The minimum atomic E-state index is 0.788. The Morgan fingerprint density at radius 3 is 3.11 bits per heavy atom. The SMILES string of the molecule is Cc1ncc(CN2CCCC(C3CCCN3)C2)s1. The van der Waals surface area contributed by atoms with Gasteiger partial charge in [-0.25, -0.2) is 4.98 Å². The standard InChI is InChI=1S/C14H23N3S/c1-11-16-8-13(18-11)10-17-7-3-4-12(9-17)14-5-2-6-15-14/h8,12,14-15H,2-7,9-10H2,1H3. The predicted molar refractivity (Wildman–Crippen MR) is 75.9 cm³/mol. The first-order valence-electron chi connectivity index (χ1n) is 7.18. The largest absolute Gasteiger partial charge is 0.314 e. The molecule has 1 N–H and O–H groups in total. The zero-order valence-corrected chi connectivity index (χ0v) is 12.0. The number of thiazole rings is 1. The molecule has 0 aliphatic carbocycles. The van der Waals surface area contributed by atoms with E-state index in [2.05, 4.69) is 28.3 Å². The van der Waals surface area contributed by atoms with Gasteiger partial charge in [-0.05, 0) is 51.6 Å². The molecule has 0 radical (unpaired) electrons. The molecule has 1 aromatic heterocycles. The van der Waals surface area contributed by atoms with Crippen LogP contribution in [-0.4, -0.2) is 35.6 Å². The number of nitrogens with zero attached hydrogens (tertiary/aromatic N) is 2. The number of hydrogen-bond acceptors (Lipinski definition) is 4. The molecule has 18 heavy (non-hydrogen) atoms. The van der Waals surface area contributed by atoms with Crippen LogP contribution in [0.15, 0.2) is 6.20 Å². The van der Waals surface area contributed by atoms with Gasteiger partial charge in [-0.3, -0.25) is 4.90 Å². The van der Waals surface area contributed by atoms with Crippen LogP contribution in [0.25, 0.3) is 0 Å². The zero-order valence-electron chi connectivity index (χ0n) is 11.2. The van der Waals surface area contributed by atoms with Gasteiger partial charge < -0.3 is 5.32 Å². The topological polar surface area (TPSA) is 28.2 Å². The van der Waals surface area contributed by atoms with E-state index in [0.29, 0.717) is 0 Å². The molecule has 3 rings (SSSR count). The van der Waals surface area contributed by atoms with Crippen molar-refractivity contribution in [3.05, 3.63) is 16.1 Å². The van der Waals surface area contributed by atoms with Crippen molar-refractivity contribution in [2.75, 3.05) is 19.6 Å². The number of hydrogen-bond donors (Lipinski definition) is 1. The Kier molecular flexibility index (Phi) is 3.97. The van der Waals surface area contributed by atoms with Gasteiger partial charge in [0.15, 0.2) is 0 Å². The summed E-state index contributed by atoms with van der Waals surface area (Å²) in [6.07, 6.45) is 7.58. The van der Waals surface area contributed by atoms with Crippen LogP contribution in [0.5, 0.6) is 0 Å². The maximum absolute atomic E-state index is 4.36. The highest BCUT2D eigenvalue weighted by atomic mass is 32.1. The minimum Gasteiger partial charge on any atom is -0.314 e. The van der Waals surface area contributed by atoms with Gasteiger partial charge in [0, 0.05) is 30.2 Å². The Morgan fingerprint density at radius 1 is 1.44 bits per heavy atom. The molecule has 0 amide bonds. The van der Waals surface area contributed by atoms with Gasteiger partial charge in [0.25, 0.3) is 0 Å². The second kappa shape index (κ2) is 5.68. The molecule has 3 nitrogen and oxygen atoms in total. The van der Waals surface area contributed by atoms with E-state index in [9.17, 15) is 0 Å². The van der Waals surface area contributed by atoms with Gasteiger partial charge in [-0.1, -0.05) is 0 Å². The van der Waals surface area contributed by atoms with E-state index in [0.717, 1.165) is 18.5 Å². The fourth-order valence-corrected chi connectivity index (χ4v) is 4.21. The number of likely N-dealkylation sites (tertiary alicyclic amines) is 1. The Labute approximate surface area is 114 Å². The fourth-order valence-electron chi connectivity index (χ4n) is 3.38. The summed E-state index contributed by atoms with van der Waals surface area (Å²) in [5, 5.41) is 4.87. The summed E-state index contributed by atoms with van der Waals surface area (Å²) in [4.78, 5) is 8.41. The van der Waals surface area contributed by atoms with Crippen LogP contribution in [0.4, 0.5) is 0 Å². The lowest BCUT2D eigenvalue weighted by Crippen LogP contribution is -2.43. The normalized spacial score (nSPS) is 29.8. The molecule has 2 atom stereocenters. The average molecular weight is 265 g/mol. The monoisotopic (exact) mass is 265 g/mol. The molecule has 2 saturated heterocycles. The highest BCUT2D eigenvalue weighted by molar-refractivity contribution is 7.11. The smallest absolute Gasteiger partial charge is 0.0897 e. The minimum absolute atomic E-state index is 0.788. The molecule has 3 heterocycles. The number of nitrogens with one attached hydrogen (secondary N) is 1. The molecular weight excluding hydrogens is 242 g/mol. The third-order valence-corrected chi connectivity index (χ3v) is 5.16. The van der Waals surface area contributed by atoms with Gasteiger partial charge in [0.2, 0.25) is 0 Å². The van der Waals surface area contributed by atoms with Crippen LogP contribution in [0, 0.1) is 12.8 Å². The third-order valence-electron chi connectivity index (χ3n) is 4.26. The first kappa shape index (κ1) is 12.6. The molecular formula is C14H23N3S. The Balaban J connectivity index is 1.56. The zero-order chi connectivity index (χ0) is 12.4. The van der Waals surface area contributed by atoms with Crippen LogP contribution in [0.1, 0.15) is 35.6 Å². The molecule has 2 aliphatic heterocycles. The quantitative estimate of drug-likeness (QED) is 0.910. The maximum atomic E-state index is 4.36. The Hall–Kier alpha value is -0.450. The second-order valence-corrected chi connectivity index (χ2v) is 7.01. The van der Waals surface area contributed by atoms with Gasteiger partial charge in [-0.2, -0.15) is 0 Å². The maximum Gasteiger partial charge on any atom is 0.0897 e. The van der Waals surface area contributed by atoms with Crippen LogP contribution in [0.2, 0.25) is 0 Å². The summed E-state index contributed by atoms with van der Waals surface area (Å²) in [5.41, 5.74) is 0. The molecule has 1 aromatic rings. The molecule has 2 fully saturated rings. The first-order valence-corrected chi connectivity index (χ1v) is 8.00. The molecule has 0 aromatic carbocycles. The van der Waals surface area contributed by atoms with E-state index in [1.165, 1.54) is 55.2 Å². The number of rotatable bonds is 3. The summed E-state index contributed by atoms with van der Waals surface area (Å²) < 4.78 is 0. The second-order valence-electron chi connectivity index (χ2n) is 5.69. The summed E-state index contributed by atoms with van der Waals surface area (Å²) in [6, 6.07) is 0.788. The van der Waals surface area contributed by atoms with E-state index in [1.807, 2.05) is 11.3 Å². The van der Waals surface area contributed by atoms with Crippen molar-refractivity contribution in [1.82, 2.24) is 15.2 Å². The molecule has 0 spiro atoms. The summed E-state index contributed by atoms with van der Waals surface area (Å²) in [7, 11) is 0. The lowest BCUT2D eigenvalue weighted by atomic mass is 9.90. The number of aryl methyl sites for hydroxylation is 1. The lowest BCUT2D eigenvalue weighted by Gasteiger charge is -2.35. The summed E-state index contributed by atoms with van der Waals surface area (Å²) in [5.74, 6) is 0.871. The van der Waals surface area contributed by atoms with Crippen LogP contribution in [-0.2, 0) is 6.54 Å². The number of piperidine rings is 1. The van der Waals surface area contributed by atoms with Gasteiger partial charge >= 0.3 is 0 Å². The molecule has 0 bridgehead atoms.